The van der Waals surface area contributed by atoms with Crippen molar-refractivity contribution in [2.45, 2.75) is 69.3 Å². The lowest BCUT2D eigenvalue weighted by molar-refractivity contribution is -0.129. The number of hydrogen-bond acceptors (Lipinski definition) is 18. The largest absolute Gasteiger partial charge is 0.481 e. The van der Waals surface area contributed by atoms with Gasteiger partial charge in [-0.25, -0.2) is 28.6 Å². The first-order valence-corrected chi connectivity index (χ1v) is 22.1. The molecule has 3 heterocycles. The number of unbranched alkanes of at least 4 members (excludes halogenated alkanes) is 1. The molecule has 4 amide bonds. The minimum absolute atomic E-state index is 0.0365. The molecule has 30 heteroatoms. The number of phosphoric acid groups is 3. The maximum atomic E-state index is 12.5. The molecule has 26 nitrogen and oxygen atoms in total. The maximum absolute atomic E-state index is 12.5. The molecule has 1 aliphatic heterocycles. The Hall–Kier alpha value is -2.97. The van der Waals surface area contributed by atoms with E-state index in [0.29, 0.717) is 25.8 Å². The zero-order valence-corrected chi connectivity index (χ0v) is 33.0. The average Bonchev–Trinajstić information content (AvgIpc) is 3.65. The number of aromatic nitrogens is 4. The summed E-state index contributed by atoms with van der Waals surface area (Å²) in [7, 11) is -16.2. The zero-order valence-electron chi connectivity index (χ0n) is 29.5. The van der Waals surface area contributed by atoms with Gasteiger partial charge in [0.2, 0.25) is 23.6 Å². The van der Waals surface area contributed by atoms with Crippen LogP contribution in [0.15, 0.2) is 18.9 Å². The van der Waals surface area contributed by atoms with Crippen molar-refractivity contribution in [1.82, 2.24) is 35.5 Å². The second-order valence-corrected chi connectivity index (χ2v) is 17.1. The van der Waals surface area contributed by atoms with Crippen molar-refractivity contribution in [2.24, 2.45) is 5.73 Å². The summed E-state index contributed by atoms with van der Waals surface area (Å²) in [6, 6.07) is -0.791. The summed E-state index contributed by atoms with van der Waals surface area (Å²) in [5, 5.41) is 28.4. The molecule has 0 saturated carbocycles. The molecule has 0 spiro atoms. The molecule has 8 atom stereocenters. The highest BCUT2D eigenvalue weighted by Crippen LogP contribution is 2.60. The van der Waals surface area contributed by atoms with Crippen molar-refractivity contribution in [3.05, 3.63) is 18.9 Å². The van der Waals surface area contributed by atoms with Crippen LogP contribution in [0.3, 0.4) is 0 Å². The minimum atomic E-state index is -5.51. The van der Waals surface area contributed by atoms with Crippen LogP contribution in [0.5, 0.6) is 0 Å². The molecule has 316 valence electrons. The van der Waals surface area contributed by atoms with Crippen molar-refractivity contribution in [3.8, 4) is 0 Å². The molecule has 2 aromatic rings. The fraction of sp³-hybridized carbons (Fsp3) is 0.654. The van der Waals surface area contributed by atoms with Gasteiger partial charge in [0, 0.05) is 32.2 Å². The van der Waals surface area contributed by atoms with Crippen molar-refractivity contribution in [1.29, 1.82) is 0 Å². The Balaban J connectivity index is 1.35. The van der Waals surface area contributed by atoms with E-state index >= 15 is 0 Å². The Morgan fingerprint density at radius 1 is 1.04 bits per heavy atom. The first-order valence-electron chi connectivity index (χ1n) is 16.4. The Bertz CT molecular complexity index is 1800. The van der Waals surface area contributed by atoms with Crippen LogP contribution in [0.1, 0.15) is 38.8 Å². The smallest absolute Gasteiger partial charge is 0.386 e. The molecule has 0 bridgehead atoms. The van der Waals surface area contributed by atoms with Gasteiger partial charge in [0.15, 0.2) is 11.9 Å². The van der Waals surface area contributed by atoms with E-state index in [2.05, 4.69) is 48.8 Å². The number of ether oxygens (including phenoxy) is 1. The SMILES string of the molecule is CC(=O)N[C@@H](CCCCNC(=O)CSCCNC(=O)[C@H](O)CCOP(=O)(O)OP(=O)(O)OC[C@H]1O[C@@H](n2cnc3cncnc32)[C@H](O)[C@@H]1OP(=O)(O)O)C(N)=O. The zero-order chi connectivity index (χ0) is 41.7. The number of carbonyl (C=O) groups excluding carboxylic acids is 4. The fourth-order valence-electron chi connectivity index (χ4n) is 4.91. The first kappa shape index (κ1) is 47.4. The number of fused-ring (bicyclic) bond motifs is 1. The summed E-state index contributed by atoms with van der Waals surface area (Å²) in [4.78, 5) is 97.1. The van der Waals surface area contributed by atoms with E-state index in [4.69, 9.17) is 10.5 Å². The molecule has 1 saturated heterocycles. The number of hydrogen-bond donors (Lipinski definition) is 10. The van der Waals surface area contributed by atoms with Gasteiger partial charge in [0.1, 0.15) is 42.3 Å². The van der Waals surface area contributed by atoms with Crippen LogP contribution in [-0.4, -0.2) is 141 Å². The Morgan fingerprint density at radius 2 is 1.75 bits per heavy atom. The molecule has 0 aliphatic carbocycles. The number of nitrogens with one attached hydrogen (secondary N) is 3. The summed E-state index contributed by atoms with van der Waals surface area (Å²) in [5.41, 5.74) is 5.63. The molecular formula is C26H43N8O18P3S. The summed E-state index contributed by atoms with van der Waals surface area (Å²) in [6.07, 6.45) is -4.13. The Kier molecular flexibility index (Phi) is 18.4. The molecule has 1 fully saturated rings. The Morgan fingerprint density at radius 3 is 2.43 bits per heavy atom. The highest BCUT2D eigenvalue weighted by molar-refractivity contribution is 7.99. The minimum Gasteiger partial charge on any atom is -0.386 e. The summed E-state index contributed by atoms with van der Waals surface area (Å²) >= 11 is 1.17. The molecule has 11 N–H and O–H groups in total. The van der Waals surface area contributed by atoms with Gasteiger partial charge in [-0.2, -0.15) is 16.1 Å². The number of rotatable bonds is 25. The normalized spacial score (nSPS) is 21.8. The lowest BCUT2D eigenvalue weighted by atomic mass is 10.1. The predicted octanol–water partition coefficient (Wildman–Crippen LogP) is -2.31. The fourth-order valence-corrected chi connectivity index (χ4v) is 8.26. The molecule has 2 unspecified atom stereocenters. The number of imidazole rings is 1. The number of primary amides is 1. The van der Waals surface area contributed by atoms with Crippen LogP contribution in [-0.2, 0) is 55.5 Å². The molecule has 0 radical (unpaired) electrons. The number of nitrogens with zero attached hydrogens (tertiary/aromatic N) is 4. The topological polar surface area (TPSA) is 393 Å². The predicted molar refractivity (Wildman–Crippen MR) is 189 cm³/mol. The monoisotopic (exact) mass is 880 g/mol. The molecular weight excluding hydrogens is 837 g/mol. The van der Waals surface area contributed by atoms with E-state index in [1.807, 2.05) is 0 Å². The second kappa shape index (κ2) is 21.7. The number of nitrogens with two attached hydrogens (primary N) is 1. The van der Waals surface area contributed by atoms with Crippen molar-refractivity contribution < 1.29 is 85.3 Å². The van der Waals surface area contributed by atoms with Crippen molar-refractivity contribution in [2.75, 3.05) is 37.8 Å². The van der Waals surface area contributed by atoms with Crippen LogP contribution < -0.4 is 21.7 Å². The number of aliphatic hydroxyl groups is 2. The lowest BCUT2D eigenvalue weighted by Crippen LogP contribution is -2.43. The average molecular weight is 881 g/mol. The van der Waals surface area contributed by atoms with Gasteiger partial charge in [-0.15, -0.1) is 0 Å². The molecule has 0 aromatic carbocycles. The number of aliphatic hydroxyl groups excluding tert-OH is 2. The van der Waals surface area contributed by atoms with Gasteiger partial charge in [-0.3, -0.25) is 37.3 Å². The molecule has 3 rings (SSSR count). The van der Waals surface area contributed by atoms with Gasteiger partial charge in [0.05, 0.1) is 31.5 Å². The van der Waals surface area contributed by atoms with Crippen molar-refractivity contribution >= 4 is 70.0 Å². The number of phosphoric ester groups is 3. The van der Waals surface area contributed by atoms with Gasteiger partial charge in [0.25, 0.3) is 0 Å². The maximum Gasteiger partial charge on any atom is 0.481 e. The third kappa shape index (κ3) is 16.1. The molecule has 2 aromatic heterocycles. The highest BCUT2D eigenvalue weighted by atomic mass is 32.2. The Labute approximate surface area is 322 Å². The van der Waals surface area contributed by atoms with Crippen LogP contribution in [0.2, 0.25) is 0 Å². The van der Waals surface area contributed by atoms with E-state index in [9.17, 15) is 62.7 Å². The number of thioether (sulfide) groups is 1. The van der Waals surface area contributed by atoms with Gasteiger partial charge >= 0.3 is 23.5 Å². The summed E-state index contributed by atoms with van der Waals surface area (Å²) in [6.45, 7) is -0.282. The third-order valence-corrected chi connectivity index (χ3v) is 11.5. The quantitative estimate of drug-likeness (QED) is 0.0370. The first-order chi connectivity index (χ1) is 26.2. The van der Waals surface area contributed by atoms with E-state index < -0.39 is 91.6 Å². The summed E-state index contributed by atoms with van der Waals surface area (Å²) in [5.74, 6) is -1.88. The van der Waals surface area contributed by atoms with Crippen molar-refractivity contribution in [3.63, 3.8) is 0 Å². The van der Waals surface area contributed by atoms with Gasteiger partial charge < -0.3 is 56.2 Å². The van der Waals surface area contributed by atoms with Crippen LogP contribution in [0, 0.1) is 0 Å². The van der Waals surface area contributed by atoms with E-state index in [1.165, 1.54) is 35.8 Å². The van der Waals surface area contributed by atoms with Crippen LogP contribution in [0.4, 0.5) is 0 Å². The van der Waals surface area contributed by atoms with E-state index in [0.717, 1.165) is 6.33 Å². The second-order valence-electron chi connectivity index (χ2n) is 11.8. The lowest BCUT2D eigenvalue weighted by Gasteiger charge is -2.22. The standard InChI is InChI=1S/C26H43N8O18P3S/c1-15(35)33-16(23(27)39)4-2-3-6-29-20(37)12-56-9-7-30-25(40)18(36)5-8-48-54(44,45)52-55(46,47)49-11-19-22(51-53(41,42)43)21(38)26(50-19)34-14-32-17-10-28-13-31-24(17)34/h10,13-14,16,18-19,21-22,26,36,38H,2-9,11-12H2,1H3,(H2,27,39)(H,29,37)(H,30,40)(H,33,35)(H,44,45)(H,46,47)(H2,41,42,43)/t16-,18+,19+,21+,22+,26+/m0/s1. The van der Waals surface area contributed by atoms with Crippen LogP contribution >= 0.6 is 35.2 Å². The van der Waals surface area contributed by atoms with Gasteiger partial charge in [-0.05, 0) is 19.3 Å². The molecule has 56 heavy (non-hydrogen) atoms. The van der Waals surface area contributed by atoms with Gasteiger partial charge in [-0.1, -0.05) is 0 Å². The third-order valence-electron chi connectivity index (χ3n) is 7.38. The molecule has 1 aliphatic rings. The van der Waals surface area contributed by atoms with E-state index in [-0.39, 0.29) is 41.0 Å². The summed E-state index contributed by atoms with van der Waals surface area (Å²) < 4.78 is 61.2. The highest BCUT2D eigenvalue weighted by Gasteiger charge is 2.50. The van der Waals surface area contributed by atoms with Crippen LogP contribution in [0.25, 0.3) is 11.2 Å². The van der Waals surface area contributed by atoms with E-state index in [1.54, 1.807) is 0 Å². The number of carbonyl (C=O) groups is 4. The number of amides is 4.